The minimum absolute atomic E-state index is 0.0129. The highest BCUT2D eigenvalue weighted by Gasteiger charge is 2.61. The van der Waals surface area contributed by atoms with Crippen LogP contribution in [0.15, 0.2) is 97.1 Å². The zero-order chi connectivity index (χ0) is 28.7. The van der Waals surface area contributed by atoms with Crippen LogP contribution in [0.3, 0.4) is 0 Å². The summed E-state index contributed by atoms with van der Waals surface area (Å²) >= 11 is 0. The van der Waals surface area contributed by atoms with E-state index in [4.69, 9.17) is 0 Å². The molecule has 2 aliphatic carbocycles. The molecule has 2 nitrogen and oxygen atoms in total. The Morgan fingerprint density at radius 3 is 1.26 bits per heavy atom. The van der Waals surface area contributed by atoms with Crippen molar-refractivity contribution in [3.05, 3.63) is 119 Å². The topological polar surface area (TPSA) is 6.48 Å². The highest BCUT2D eigenvalue weighted by Crippen LogP contribution is 2.64. The Morgan fingerprint density at radius 2 is 0.857 bits per heavy atom. The van der Waals surface area contributed by atoms with Gasteiger partial charge in [0.1, 0.15) is 0 Å². The second-order valence-corrected chi connectivity index (χ2v) is 14.1. The smallest absolute Gasteiger partial charge is 0.0745 e. The van der Waals surface area contributed by atoms with Gasteiger partial charge < -0.3 is 9.80 Å². The van der Waals surface area contributed by atoms with Gasteiger partial charge in [-0.3, -0.25) is 0 Å². The Balaban J connectivity index is 1.26. The molecule has 0 bridgehead atoms. The molecule has 2 heteroatoms. The molecule has 0 N–H and O–H groups in total. The molecule has 4 atom stereocenters. The van der Waals surface area contributed by atoms with Gasteiger partial charge in [0.2, 0.25) is 0 Å². The molecule has 0 aromatic heterocycles. The van der Waals surface area contributed by atoms with Crippen LogP contribution in [-0.4, -0.2) is 14.1 Å². The molecule has 0 saturated heterocycles. The molecular formula is C40H44N2. The van der Waals surface area contributed by atoms with E-state index in [1.807, 2.05) is 0 Å². The first kappa shape index (κ1) is 26.1. The van der Waals surface area contributed by atoms with E-state index in [2.05, 4.69) is 135 Å². The molecule has 2 saturated carbocycles. The number of nitrogens with zero attached hydrogens (tertiary/aromatic N) is 2. The normalized spacial score (nSPS) is 31.3. The molecule has 4 unspecified atom stereocenters. The summed E-state index contributed by atoms with van der Waals surface area (Å²) in [6.07, 6.45) is 10.1. The van der Waals surface area contributed by atoms with Crippen molar-refractivity contribution in [2.24, 2.45) is 0 Å². The SMILES string of the molecule is CN1c2ccc(-c3ccc4c(c3)C3(C)CCCCC3(c3ccccc3)N4C)cc2C2(C)CCCCC12c1ccccc1. The first-order valence-electron chi connectivity index (χ1n) is 16.3. The highest BCUT2D eigenvalue weighted by molar-refractivity contribution is 5.79. The first-order valence-corrected chi connectivity index (χ1v) is 16.3. The van der Waals surface area contributed by atoms with Gasteiger partial charge >= 0.3 is 0 Å². The summed E-state index contributed by atoms with van der Waals surface area (Å²) in [5.74, 6) is 0. The van der Waals surface area contributed by atoms with Gasteiger partial charge in [-0.15, -0.1) is 0 Å². The van der Waals surface area contributed by atoms with Crippen LogP contribution in [0.1, 0.15) is 87.5 Å². The number of likely N-dealkylation sites (N-methyl/N-ethyl adjacent to an activating group) is 2. The van der Waals surface area contributed by atoms with Gasteiger partial charge in [-0.1, -0.05) is 112 Å². The van der Waals surface area contributed by atoms with Gasteiger partial charge in [-0.2, -0.15) is 0 Å². The molecule has 42 heavy (non-hydrogen) atoms. The van der Waals surface area contributed by atoms with E-state index < -0.39 is 0 Å². The second kappa shape index (κ2) is 8.99. The summed E-state index contributed by atoms with van der Waals surface area (Å²) in [5, 5.41) is 0. The lowest BCUT2D eigenvalue weighted by atomic mass is 9.58. The molecule has 4 aliphatic rings. The van der Waals surface area contributed by atoms with Gasteiger partial charge in [0.15, 0.2) is 0 Å². The van der Waals surface area contributed by atoms with E-state index in [1.165, 1.54) is 96.1 Å². The minimum atomic E-state index is 0.0129. The lowest BCUT2D eigenvalue weighted by molar-refractivity contribution is 0.171. The maximum absolute atomic E-state index is 2.63. The molecule has 2 fully saturated rings. The average molecular weight is 553 g/mol. The van der Waals surface area contributed by atoms with E-state index in [0.29, 0.717) is 0 Å². The largest absolute Gasteiger partial charge is 0.364 e. The number of rotatable bonds is 3. The highest BCUT2D eigenvalue weighted by atomic mass is 15.2. The van der Waals surface area contributed by atoms with Crippen LogP contribution >= 0.6 is 0 Å². The van der Waals surface area contributed by atoms with Crippen LogP contribution in [-0.2, 0) is 21.9 Å². The maximum atomic E-state index is 2.63. The Labute approximate surface area is 252 Å². The molecule has 0 spiro atoms. The van der Waals surface area contributed by atoms with E-state index in [1.54, 1.807) is 0 Å². The molecular weight excluding hydrogens is 508 g/mol. The lowest BCUT2D eigenvalue weighted by Gasteiger charge is -2.52. The zero-order valence-electron chi connectivity index (χ0n) is 25.8. The van der Waals surface area contributed by atoms with Crippen molar-refractivity contribution >= 4 is 11.4 Å². The van der Waals surface area contributed by atoms with Crippen molar-refractivity contribution in [3.8, 4) is 11.1 Å². The number of benzene rings is 4. The van der Waals surface area contributed by atoms with Gasteiger partial charge in [0.25, 0.3) is 0 Å². The predicted octanol–water partition coefficient (Wildman–Crippen LogP) is 9.71. The third-order valence-corrected chi connectivity index (χ3v) is 12.6. The quantitative estimate of drug-likeness (QED) is 0.250. The number of fused-ring (bicyclic) bond motifs is 6. The first-order chi connectivity index (χ1) is 20.4. The van der Waals surface area contributed by atoms with E-state index in [-0.39, 0.29) is 21.9 Å². The van der Waals surface area contributed by atoms with Gasteiger partial charge in [0, 0.05) is 36.3 Å². The monoisotopic (exact) mass is 552 g/mol. The molecule has 8 rings (SSSR count). The standard InChI is InChI=1S/C40H44N2/c1-37-23-11-13-25-39(37,31-15-7-5-8-16-31)41(3)35-21-19-29(27-33(35)37)30-20-22-36-34(28-30)38(2)24-12-14-26-40(38,42(36)4)32-17-9-6-10-18-32/h5-10,15-22,27-28H,11-14,23-26H2,1-4H3. The Hall–Kier alpha value is -3.52. The van der Waals surface area contributed by atoms with Crippen molar-refractivity contribution < 1.29 is 0 Å². The fourth-order valence-electron chi connectivity index (χ4n) is 10.5. The summed E-state index contributed by atoms with van der Waals surface area (Å²) in [6, 6.07) is 37.5. The molecule has 0 radical (unpaired) electrons. The predicted molar refractivity (Wildman–Crippen MR) is 177 cm³/mol. The summed E-state index contributed by atoms with van der Waals surface area (Å²) < 4.78 is 0. The lowest BCUT2D eigenvalue weighted by Crippen LogP contribution is -2.54. The molecule has 4 aromatic carbocycles. The summed E-state index contributed by atoms with van der Waals surface area (Å²) in [5.41, 5.74) is 11.7. The van der Waals surface area contributed by atoms with Crippen LogP contribution in [0, 0.1) is 0 Å². The van der Waals surface area contributed by atoms with Crippen LogP contribution < -0.4 is 9.80 Å². The third kappa shape index (κ3) is 3.06. The summed E-state index contributed by atoms with van der Waals surface area (Å²) in [6.45, 7) is 5.11. The Kier molecular flexibility index (Phi) is 5.59. The fourth-order valence-corrected chi connectivity index (χ4v) is 10.5. The number of hydrogen-bond acceptors (Lipinski definition) is 2. The second-order valence-electron chi connectivity index (χ2n) is 14.1. The Bertz CT molecular complexity index is 1540. The van der Waals surface area contributed by atoms with Crippen molar-refractivity contribution in [2.45, 2.75) is 87.1 Å². The summed E-state index contributed by atoms with van der Waals surface area (Å²) in [7, 11) is 4.70. The van der Waals surface area contributed by atoms with Gasteiger partial charge in [-0.25, -0.2) is 0 Å². The van der Waals surface area contributed by atoms with Crippen LogP contribution in [0.2, 0.25) is 0 Å². The molecule has 4 aromatic rings. The van der Waals surface area contributed by atoms with Crippen molar-refractivity contribution in [2.75, 3.05) is 23.9 Å². The van der Waals surface area contributed by atoms with Crippen LogP contribution in [0.4, 0.5) is 11.4 Å². The van der Waals surface area contributed by atoms with E-state index >= 15 is 0 Å². The third-order valence-electron chi connectivity index (χ3n) is 12.6. The number of anilines is 2. The molecule has 0 amide bonds. The Morgan fingerprint density at radius 1 is 0.476 bits per heavy atom. The minimum Gasteiger partial charge on any atom is -0.364 e. The molecule has 2 heterocycles. The average Bonchev–Trinajstić information content (AvgIpc) is 3.37. The van der Waals surface area contributed by atoms with Crippen molar-refractivity contribution in [1.29, 1.82) is 0 Å². The molecule has 2 aliphatic heterocycles. The maximum Gasteiger partial charge on any atom is 0.0745 e. The van der Waals surface area contributed by atoms with Crippen LogP contribution in [0.25, 0.3) is 11.1 Å². The molecule has 214 valence electrons. The van der Waals surface area contributed by atoms with E-state index in [0.717, 1.165) is 0 Å². The van der Waals surface area contributed by atoms with Crippen molar-refractivity contribution in [1.82, 2.24) is 0 Å². The fraction of sp³-hybridized carbons (Fsp3) is 0.400. The van der Waals surface area contributed by atoms with Crippen LogP contribution in [0.5, 0.6) is 0 Å². The number of hydrogen-bond donors (Lipinski definition) is 0. The van der Waals surface area contributed by atoms with Crippen molar-refractivity contribution in [3.63, 3.8) is 0 Å². The summed E-state index contributed by atoms with van der Waals surface area (Å²) in [4.78, 5) is 5.27. The zero-order valence-corrected chi connectivity index (χ0v) is 25.8. The van der Waals surface area contributed by atoms with Gasteiger partial charge in [-0.05, 0) is 83.3 Å². The van der Waals surface area contributed by atoms with E-state index in [9.17, 15) is 0 Å². The van der Waals surface area contributed by atoms with Gasteiger partial charge in [0.05, 0.1) is 11.1 Å².